The third kappa shape index (κ3) is 9.52. The summed E-state index contributed by atoms with van der Waals surface area (Å²) in [5.41, 5.74) is 2.92. The lowest BCUT2D eigenvalue weighted by molar-refractivity contribution is -0.139. The smallest absolute Gasteiger partial charge is 0.468 e. The van der Waals surface area contributed by atoms with Crippen LogP contribution in [0, 0.1) is 6.92 Å². The number of carbonyl (C=O) groups is 3. The van der Waals surface area contributed by atoms with Crippen molar-refractivity contribution in [3.8, 4) is 23.0 Å². The van der Waals surface area contributed by atoms with Gasteiger partial charge in [0.15, 0.2) is 12.1 Å². The van der Waals surface area contributed by atoms with Crippen LogP contribution in [0.4, 0.5) is 32.0 Å². The molecule has 5 aromatic carbocycles. The first kappa shape index (κ1) is 40.0. The number of hydrogen-bond acceptors (Lipinski definition) is 10. The van der Waals surface area contributed by atoms with Crippen LogP contribution in [-0.2, 0) is 32.3 Å². The number of nitrogens with one attached hydrogen (secondary N) is 1. The van der Waals surface area contributed by atoms with Gasteiger partial charge in [-0.15, -0.1) is 0 Å². The van der Waals surface area contributed by atoms with Crippen LogP contribution in [0.15, 0.2) is 125 Å². The minimum atomic E-state index is -4.91. The number of anilines is 1. The van der Waals surface area contributed by atoms with Gasteiger partial charge in [-0.2, -0.15) is 26.3 Å². The van der Waals surface area contributed by atoms with E-state index in [1.54, 1.807) is 42.5 Å². The fraction of sp³-hybridized carbons (Fsp3) is 0.167. The molecule has 0 spiro atoms. The molecule has 59 heavy (non-hydrogen) atoms. The molecule has 1 N–H and O–H groups in total. The van der Waals surface area contributed by atoms with E-state index in [1.165, 1.54) is 48.5 Å². The Balaban J connectivity index is 1.06. The minimum Gasteiger partial charge on any atom is -0.489 e. The quantitative estimate of drug-likeness (QED) is 0.0973. The molecule has 1 amide bonds. The standard InChI is InChI=1S/C42H29F6N3O8/c1-23-4-2-3-5-33(23)57-31-18-12-28(13-19-31)49-36(52)32-20-24(21-55-29-14-8-25(9-15-29)34-37(53)58-39(50-34)41(43,44)45)6-7-27(32)22-56-30-16-10-26(11-17-30)35-38(54)59-40(51-35)42(46,47)48/h2-20,34-35H,21-22H2,1H3,(H,49,52). The van der Waals surface area contributed by atoms with Gasteiger partial charge in [0.1, 0.15) is 36.2 Å². The van der Waals surface area contributed by atoms with E-state index in [0.29, 0.717) is 34.1 Å². The second-order valence-corrected chi connectivity index (χ2v) is 13.1. The zero-order valence-corrected chi connectivity index (χ0v) is 30.5. The molecule has 0 radical (unpaired) electrons. The van der Waals surface area contributed by atoms with Crippen molar-refractivity contribution in [3.05, 3.63) is 149 Å². The zero-order chi connectivity index (χ0) is 41.9. The summed E-state index contributed by atoms with van der Waals surface area (Å²) in [4.78, 5) is 44.6. The number of rotatable bonds is 12. The molecule has 0 fully saturated rings. The highest BCUT2D eigenvalue weighted by Gasteiger charge is 2.47. The summed E-state index contributed by atoms with van der Waals surface area (Å²) < 4.78 is 104. The molecule has 0 aliphatic carbocycles. The molecule has 0 bridgehead atoms. The van der Waals surface area contributed by atoms with E-state index in [9.17, 15) is 40.7 Å². The highest BCUT2D eigenvalue weighted by atomic mass is 19.4. The first-order valence-electron chi connectivity index (χ1n) is 17.6. The number of aliphatic imine (C=N–C) groups is 2. The largest absolute Gasteiger partial charge is 0.489 e. The van der Waals surface area contributed by atoms with Crippen LogP contribution in [0.25, 0.3) is 0 Å². The van der Waals surface area contributed by atoms with E-state index in [0.717, 1.165) is 5.56 Å². The molecule has 302 valence electrons. The number of amides is 1. The van der Waals surface area contributed by atoms with Gasteiger partial charge in [0, 0.05) is 16.8 Å². The summed E-state index contributed by atoms with van der Waals surface area (Å²) in [6, 6.07) is 27.5. The van der Waals surface area contributed by atoms with E-state index in [2.05, 4.69) is 24.8 Å². The molecule has 17 heteroatoms. The minimum absolute atomic E-state index is 0.0445. The summed E-state index contributed by atoms with van der Waals surface area (Å²) >= 11 is 0. The summed E-state index contributed by atoms with van der Waals surface area (Å²) in [5, 5.41) is 2.86. The van der Waals surface area contributed by atoms with Gasteiger partial charge >= 0.3 is 36.1 Å². The van der Waals surface area contributed by atoms with Crippen molar-refractivity contribution in [1.29, 1.82) is 0 Å². The molecule has 11 nitrogen and oxygen atoms in total. The van der Waals surface area contributed by atoms with Gasteiger partial charge in [0.2, 0.25) is 0 Å². The SMILES string of the molecule is Cc1ccccc1Oc1ccc(NC(=O)c2cc(COc3ccc(C4N=C(C(F)(F)F)OC4=O)cc3)ccc2COc2ccc(C3N=C(C(F)(F)F)OC3=O)cc2)cc1. The molecule has 0 saturated heterocycles. The van der Waals surface area contributed by atoms with E-state index in [1.807, 2.05) is 31.2 Å². The highest BCUT2D eigenvalue weighted by Crippen LogP contribution is 2.34. The van der Waals surface area contributed by atoms with Crippen molar-refractivity contribution in [1.82, 2.24) is 0 Å². The van der Waals surface area contributed by atoms with E-state index in [-0.39, 0.29) is 35.7 Å². The van der Waals surface area contributed by atoms with Gasteiger partial charge in [-0.3, -0.25) is 4.79 Å². The number of hydrogen-bond donors (Lipinski definition) is 1. The van der Waals surface area contributed by atoms with Crippen LogP contribution in [0.3, 0.4) is 0 Å². The topological polar surface area (TPSA) is 134 Å². The van der Waals surface area contributed by atoms with E-state index < -0.39 is 54.1 Å². The van der Waals surface area contributed by atoms with Gasteiger partial charge < -0.3 is 29.0 Å². The molecular formula is C42H29F6N3O8. The lowest BCUT2D eigenvalue weighted by Gasteiger charge is -2.15. The average molecular weight is 818 g/mol. The van der Waals surface area contributed by atoms with Gasteiger partial charge in [0.25, 0.3) is 5.91 Å². The van der Waals surface area contributed by atoms with Crippen molar-refractivity contribution in [2.75, 3.05) is 5.32 Å². The number of alkyl halides is 6. The summed E-state index contributed by atoms with van der Waals surface area (Å²) in [6.07, 6.45) is -9.82. The monoisotopic (exact) mass is 817 g/mol. The number of para-hydroxylation sites is 1. The Morgan fingerprint density at radius 1 is 0.661 bits per heavy atom. The van der Waals surface area contributed by atoms with Crippen LogP contribution in [0.5, 0.6) is 23.0 Å². The Morgan fingerprint density at radius 2 is 1.17 bits per heavy atom. The van der Waals surface area contributed by atoms with Crippen molar-refractivity contribution in [3.63, 3.8) is 0 Å². The normalized spacial score (nSPS) is 16.5. The molecule has 7 rings (SSSR count). The fourth-order valence-corrected chi connectivity index (χ4v) is 5.85. The number of halogens is 6. The van der Waals surface area contributed by atoms with Crippen molar-refractivity contribution >= 4 is 35.3 Å². The first-order valence-corrected chi connectivity index (χ1v) is 17.6. The van der Waals surface area contributed by atoms with Crippen LogP contribution in [-0.4, -0.2) is 42.0 Å². The van der Waals surface area contributed by atoms with E-state index >= 15 is 0 Å². The maximum Gasteiger partial charge on any atom is 0.468 e. The van der Waals surface area contributed by atoms with Crippen LogP contribution in [0.1, 0.15) is 50.3 Å². The summed E-state index contributed by atoms with van der Waals surface area (Å²) in [5.74, 6) is -4.25. The Kier molecular flexibility index (Phi) is 11.1. The molecular weight excluding hydrogens is 788 g/mol. The molecule has 2 aliphatic rings. The maximum atomic E-state index is 13.8. The molecule has 5 aromatic rings. The lowest BCUT2D eigenvalue weighted by Crippen LogP contribution is -2.23. The number of benzene rings is 5. The van der Waals surface area contributed by atoms with Crippen LogP contribution < -0.4 is 19.5 Å². The Bertz CT molecular complexity index is 2450. The van der Waals surface area contributed by atoms with Crippen molar-refractivity contribution < 1.29 is 64.4 Å². The molecule has 2 heterocycles. The van der Waals surface area contributed by atoms with Crippen LogP contribution in [0.2, 0.25) is 0 Å². The van der Waals surface area contributed by atoms with Crippen LogP contribution >= 0.6 is 0 Å². The van der Waals surface area contributed by atoms with Gasteiger partial charge in [-0.05, 0) is 89.8 Å². The number of aryl methyl sites for hydroxylation is 1. The van der Waals surface area contributed by atoms with Crippen molar-refractivity contribution in [2.24, 2.45) is 9.98 Å². The van der Waals surface area contributed by atoms with Gasteiger partial charge in [0.05, 0.1) is 0 Å². The second-order valence-electron chi connectivity index (χ2n) is 13.1. The predicted molar refractivity (Wildman–Crippen MR) is 198 cm³/mol. The number of cyclic esters (lactones) is 2. The number of nitrogens with zero attached hydrogens (tertiary/aromatic N) is 2. The average Bonchev–Trinajstić information content (AvgIpc) is 3.81. The lowest BCUT2D eigenvalue weighted by atomic mass is 10.0. The fourth-order valence-electron chi connectivity index (χ4n) is 5.85. The molecule has 2 aliphatic heterocycles. The number of esters is 2. The van der Waals surface area contributed by atoms with Gasteiger partial charge in [-0.1, -0.05) is 54.6 Å². The maximum absolute atomic E-state index is 13.8. The molecule has 0 aromatic heterocycles. The Hall–Kier alpha value is -7.17. The Labute approximate surface area is 330 Å². The zero-order valence-electron chi connectivity index (χ0n) is 30.5. The highest BCUT2D eigenvalue weighted by molar-refractivity contribution is 6.05. The summed E-state index contributed by atoms with van der Waals surface area (Å²) in [7, 11) is 0. The molecule has 2 unspecified atom stereocenters. The molecule has 2 atom stereocenters. The third-order valence-electron chi connectivity index (χ3n) is 8.86. The number of ether oxygens (including phenoxy) is 5. The molecule has 0 saturated carbocycles. The second kappa shape index (κ2) is 16.4. The number of carbonyl (C=O) groups excluding carboxylic acids is 3. The van der Waals surface area contributed by atoms with Crippen molar-refractivity contribution in [2.45, 2.75) is 44.6 Å². The summed E-state index contributed by atoms with van der Waals surface area (Å²) in [6.45, 7) is 1.74. The van der Waals surface area contributed by atoms with E-state index in [4.69, 9.17) is 14.2 Å². The third-order valence-corrected chi connectivity index (χ3v) is 8.86. The van der Waals surface area contributed by atoms with Gasteiger partial charge in [-0.25, -0.2) is 19.6 Å². The first-order chi connectivity index (χ1) is 28.1. The Morgan fingerprint density at radius 3 is 1.68 bits per heavy atom. The predicted octanol–water partition coefficient (Wildman–Crippen LogP) is 9.32.